The van der Waals surface area contributed by atoms with Crippen LogP contribution in [0, 0.1) is 0 Å². The molecule has 0 amide bonds. The van der Waals surface area contributed by atoms with Crippen LogP contribution in [-0.4, -0.2) is 16.6 Å². The number of hydrogen-bond acceptors (Lipinski definition) is 5. The monoisotopic (exact) mass is 156 g/mol. The zero-order valence-electron chi connectivity index (χ0n) is 6.11. The van der Waals surface area contributed by atoms with Gasteiger partial charge in [-0.3, -0.25) is 0 Å². The van der Waals surface area contributed by atoms with Crippen molar-refractivity contribution in [1.82, 2.24) is 10.3 Å². The van der Waals surface area contributed by atoms with E-state index in [1.807, 2.05) is 6.92 Å². The number of rotatable bonds is 0. The summed E-state index contributed by atoms with van der Waals surface area (Å²) in [5.74, 6) is 0. The minimum absolute atomic E-state index is 0.189. The number of hydrogen-bond donors (Lipinski definition) is 0. The van der Waals surface area contributed by atoms with Gasteiger partial charge in [0.25, 0.3) is 0 Å². The molecule has 2 heterocycles. The Hall–Kier alpha value is -0.940. The summed E-state index contributed by atoms with van der Waals surface area (Å²) in [6.07, 6.45) is -0.189. The zero-order chi connectivity index (χ0) is 7.68. The smallest absolute Gasteiger partial charge is 0.155 e. The third-order valence-electron chi connectivity index (χ3n) is 1.54. The third kappa shape index (κ3) is 1.24. The Kier molecular flexibility index (Phi) is 1.59. The van der Waals surface area contributed by atoms with Crippen molar-refractivity contribution in [3.05, 3.63) is 11.4 Å². The number of nitrogens with zero attached hydrogens (tertiary/aromatic N) is 2. The molecule has 1 aromatic heterocycles. The van der Waals surface area contributed by atoms with Gasteiger partial charge >= 0.3 is 0 Å². The molecule has 0 atom stereocenters. The van der Waals surface area contributed by atoms with Gasteiger partial charge in [-0.1, -0.05) is 10.3 Å². The van der Waals surface area contributed by atoms with Crippen LogP contribution < -0.4 is 0 Å². The molecule has 60 valence electrons. The molecule has 1 aliphatic rings. The SMILES string of the molecule is CC1OCc2nonc2CO1. The fourth-order valence-electron chi connectivity index (χ4n) is 0.884. The van der Waals surface area contributed by atoms with Gasteiger partial charge in [0.2, 0.25) is 0 Å². The second kappa shape index (κ2) is 2.60. The van der Waals surface area contributed by atoms with Crippen LogP contribution in [0.25, 0.3) is 0 Å². The van der Waals surface area contributed by atoms with Gasteiger partial charge in [0.05, 0.1) is 13.2 Å². The average molecular weight is 156 g/mol. The van der Waals surface area contributed by atoms with E-state index >= 15 is 0 Å². The predicted molar refractivity (Wildman–Crippen MR) is 33.3 cm³/mol. The van der Waals surface area contributed by atoms with Gasteiger partial charge in [0, 0.05) is 0 Å². The van der Waals surface area contributed by atoms with Crippen molar-refractivity contribution in [2.75, 3.05) is 0 Å². The lowest BCUT2D eigenvalue weighted by Gasteiger charge is -2.07. The summed E-state index contributed by atoms with van der Waals surface area (Å²) in [7, 11) is 0. The van der Waals surface area contributed by atoms with Crippen LogP contribution >= 0.6 is 0 Å². The Morgan fingerprint density at radius 3 is 2.27 bits per heavy atom. The molecule has 0 bridgehead atoms. The van der Waals surface area contributed by atoms with Crippen LogP contribution in [0.4, 0.5) is 0 Å². The van der Waals surface area contributed by atoms with Gasteiger partial charge in [-0.05, 0) is 6.92 Å². The molecule has 0 spiro atoms. The molecule has 0 N–H and O–H groups in total. The second-order valence-corrected chi connectivity index (χ2v) is 2.35. The van der Waals surface area contributed by atoms with Crippen molar-refractivity contribution in [2.45, 2.75) is 26.4 Å². The van der Waals surface area contributed by atoms with E-state index < -0.39 is 0 Å². The largest absolute Gasteiger partial charge is 0.346 e. The topological polar surface area (TPSA) is 57.4 Å². The highest BCUT2D eigenvalue weighted by Gasteiger charge is 2.17. The van der Waals surface area contributed by atoms with Crippen LogP contribution in [-0.2, 0) is 22.7 Å². The lowest BCUT2D eigenvalue weighted by atomic mass is 10.3. The van der Waals surface area contributed by atoms with Crippen molar-refractivity contribution >= 4 is 0 Å². The maximum Gasteiger partial charge on any atom is 0.155 e. The number of fused-ring (bicyclic) bond motifs is 1. The summed E-state index contributed by atoms with van der Waals surface area (Å²) in [4.78, 5) is 0. The van der Waals surface area contributed by atoms with Crippen LogP contribution in [0.15, 0.2) is 4.63 Å². The van der Waals surface area contributed by atoms with Gasteiger partial charge < -0.3 is 9.47 Å². The van der Waals surface area contributed by atoms with E-state index in [-0.39, 0.29) is 6.29 Å². The second-order valence-electron chi connectivity index (χ2n) is 2.35. The maximum atomic E-state index is 5.20. The summed E-state index contributed by atoms with van der Waals surface area (Å²) in [6.45, 7) is 2.67. The van der Waals surface area contributed by atoms with Gasteiger partial charge in [0.1, 0.15) is 11.4 Å². The molecular formula is C6H8N2O3. The molecule has 0 saturated heterocycles. The van der Waals surface area contributed by atoms with Crippen LogP contribution in [0.3, 0.4) is 0 Å². The highest BCUT2D eigenvalue weighted by atomic mass is 16.7. The lowest BCUT2D eigenvalue weighted by Crippen LogP contribution is -2.08. The van der Waals surface area contributed by atoms with E-state index in [0.29, 0.717) is 13.2 Å². The molecule has 1 aliphatic heterocycles. The minimum Gasteiger partial charge on any atom is -0.346 e. The normalized spacial score (nSPS) is 19.4. The Balaban J connectivity index is 2.20. The molecule has 0 aliphatic carbocycles. The molecule has 1 aromatic rings. The molecule has 0 unspecified atom stereocenters. The number of aromatic nitrogens is 2. The molecular weight excluding hydrogens is 148 g/mol. The first kappa shape index (κ1) is 6.75. The summed E-state index contributed by atoms with van der Waals surface area (Å²) < 4.78 is 14.9. The minimum atomic E-state index is -0.189. The Bertz CT molecular complexity index is 225. The first-order valence-corrected chi connectivity index (χ1v) is 3.40. The summed E-state index contributed by atoms with van der Waals surface area (Å²) in [5.41, 5.74) is 1.46. The molecule has 5 nitrogen and oxygen atoms in total. The molecule has 0 aromatic carbocycles. The first-order valence-electron chi connectivity index (χ1n) is 3.40. The van der Waals surface area contributed by atoms with Gasteiger partial charge in [-0.15, -0.1) is 0 Å². The van der Waals surface area contributed by atoms with E-state index in [4.69, 9.17) is 9.47 Å². The van der Waals surface area contributed by atoms with E-state index in [1.165, 1.54) is 0 Å². The van der Waals surface area contributed by atoms with Crippen molar-refractivity contribution < 1.29 is 14.1 Å². The first-order chi connectivity index (χ1) is 5.36. The fourth-order valence-corrected chi connectivity index (χ4v) is 0.884. The van der Waals surface area contributed by atoms with Gasteiger partial charge in [-0.2, -0.15) is 0 Å². The average Bonchev–Trinajstić information content (AvgIpc) is 2.38. The van der Waals surface area contributed by atoms with Gasteiger partial charge in [0.15, 0.2) is 6.29 Å². The lowest BCUT2D eigenvalue weighted by molar-refractivity contribution is -0.138. The van der Waals surface area contributed by atoms with E-state index in [2.05, 4.69) is 14.9 Å². The van der Waals surface area contributed by atoms with Crippen molar-refractivity contribution in [3.8, 4) is 0 Å². The Morgan fingerprint density at radius 2 is 1.73 bits per heavy atom. The Labute approximate surface area is 63.2 Å². The predicted octanol–water partition coefficient (Wildman–Crippen LogP) is 0.462. The quantitative estimate of drug-likeness (QED) is 0.546. The highest BCUT2D eigenvalue weighted by Crippen LogP contribution is 2.13. The highest BCUT2D eigenvalue weighted by molar-refractivity contribution is 5.05. The van der Waals surface area contributed by atoms with Crippen LogP contribution in [0.2, 0.25) is 0 Å². The molecule has 5 heteroatoms. The van der Waals surface area contributed by atoms with Crippen molar-refractivity contribution in [3.63, 3.8) is 0 Å². The molecule has 0 saturated carbocycles. The maximum absolute atomic E-state index is 5.20. The van der Waals surface area contributed by atoms with Crippen LogP contribution in [0.1, 0.15) is 18.3 Å². The molecule has 0 radical (unpaired) electrons. The fraction of sp³-hybridized carbons (Fsp3) is 0.667. The molecule has 11 heavy (non-hydrogen) atoms. The number of ether oxygens (including phenoxy) is 2. The molecule has 2 rings (SSSR count). The zero-order valence-corrected chi connectivity index (χ0v) is 6.11. The third-order valence-corrected chi connectivity index (χ3v) is 1.54. The Morgan fingerprint density at radius 1 is 1.18 bits per heavy atom. The van der Waals surface area contributed by atoms with E-state index in [1.54, 1.807) is 0 Å². The summed E-state index contributed by atoms with van der Waals surface area (Å²) in [6, 6.07) is 0. The summed E-state index contributed by atoms with van der Waals surface area (Å²) in [5, 5.41) is 7.32. The van der Waals surface area contributed by atoms with Gasteiger partial charge in [-0.25, -0.2) is 4.63 Å². The van der Waals surface area contributed by atoms with Crippen LogP contribution in [0.5, 0.6) is 0 Å². The summed E-state index contributed by atoms with van der Waals surface area (Å²) >= 11 is 0. The standard InChI is InChI=1S/C6H8N2O3/c1-4-9-2-5-6(3-10-4)8-11-7-5/h4H,2-3H2,1H3. The van der Waals surface area contributed by atoms with E-state index in [9.17, 15) is 0 Å². The molecule has 0 fully saturated rings. The van der Waals surface area contributed by atoms with Crippen molar-refractivity contribution in [1.29, 1.82) is 0 Å². The van der Waals surface area contributed by atoms with Crippen molar-refractivity contribution in [2.24, 2.45) is 0 Å². The van der Waals surface area contributed by atoms with E-state index in [0.717, 1.165) is 11.4 Å².